The van der Waals surface area contributed by atoms with Crippen LogP contribution in [0.3, 0.4) is 0 Å². The molecule has 0 aliphatic carbocycles. The first-order chi connectivity index (χ1) is 12.2. The Hall–Kier alpha value is -1.26. The molecule has 0 amide bonds. The predicted molar refractivity (Wildman–Crippen MR) is 113 cm³/mol. The number of phenolic OH excluding ortho intramolecular Hbond substituents is 1. The van der Waals surface area contributed by atoms with Gasteiger partial charge in [0.25, 0.3) is 0 Å². The van der Waals surface area contributed by atoms with Gasteiger partial charge in [-0.25, -0.2) is 4.99 Å². The van der Waals surface area contributed by atoms with Crippen molar-refractivity contribution in [1.82, 2.24) is 10.6 Å². The highest BCUT2D eigenvalue weighted by atomic mass is 127. The second-order valence-corrected chi connectivity index (χ2v) is 5.84. The monoisotopic (exact) mass is 479 g/mol. The third-order valence-electron chi connectivity index (χ3n) is 3.86. The zero-order valence-electron chi connectivity index (χ0n) is 15.5. The highest BCUT2D eigenvalue weighted by Crippen LogP contribution is 2.26. The second-order valence-electron chi connectivity index (χ2n) is 5.84. The lowest BCUT2D eigenvalue weighted by Crippen LogP contribution is -2.38. The molecule has 1 fully saturated rings. The van der Waals surface area contributed by atoms with Crippen LogP contribution in [0, 0.1) is 0 Å². The Morgan fingerprint density at radius 3 is 2.88 bits per heavy atom. The van der Waals surface area contributed by atoms with Crippen molar-refractivity contribution in [2.75, 3.05) is 40.0 Å². The van der Waals surface area contributed by atoms with Gasteiger partial charge in [0.15, 0.2) is 17.5 Å². The van der Waals surface area contributed by atoms with Crippen molar-refractivity contribution >= 4 is 29.9 Å². The summed E-state index contributed by atoms with van der Waals surface area (Å²) >= 11 is 0. The molecule has 2 rings (SSSR count). The van der Waals surface area contributed by atoms with E-state index in [4.69, 9.17) is 14.2 Å². The molecule has 0 aromatic heterocycles. The van der Waals surface area contributed by atoms with Crippen LogP contribution in [0.4, 0.5) is 0 Å². The van der Waals surface area contributed by atoms with Gasteiger partial charge in [-0.1, -0.05) is 6.07 Å². The molecule has 1 aliphatic heterocycles. The number of hydrogen-bond donors (Lipinski definition) is 3. The molecule has 1 aromatic rings. The highest BCUT2D eigenvalue weighted by molar-refractivity contribution is 14.0. The lowest BCUT2D eigenvalue weighted by molar-refractivity contribution is 0.0420. The Bertz CT molecular complexity index is 551. The summed E-state index contributed by atoms with van der Waals surface area (Å²) in [5.41, 5.74) is 0.917. The number of guanidine groups is 1. The highest BCUT2D eigenvalue weighted by Gasteiger charge is 2.15. The summed E-state index contributed by atoms with van der Waals surface area (Å²) in [6.45, 7) is 6.31. The minimum Gasteiger partial charge on any atom is -0.504 e. The van der Waals surface area contributed by atoms with E-state index >= 15 is 0 Å². The largest absolute Gasteiger partial charge is 0.504 e. The fourth-order valence-corrected chi connectivity index (χ4v) is 2.52. The Labute approximate surface area is 172 Å². The van der Waals surface area contributed by atoms with Crippen LogP contribution < -0.4 is 15.4 Å². The van der Waals surface area contributed by atoms with Gasteiger partial charge in [-0.15, -0.1) is 24.0 Å². The molecular weight excluding hydrogens is 449 g/mol. The van der Waals surface area contributed by atoms with Gasteiger partial charge in [0.1, 0.15) is 0 Å². The van der Waals surface area contributed by atoms with Crippen LogP contribution in [-0.2, 0) is 16.0 Å². The Morgan fingerprint density at radius 2 is 2.23 bits per heavy atom. The van der Waals surface area contributed by atoms with Crippen LogP contribution in [-0.4, -0.2) is 57.2 Å². The Kier molecular flexibility index (Phi) is 11.4. The number of rotatable bonds is 9. The van der Waals surface area contributed by atoms with Gasteiger partial charge in [-0.2, -0.15) is 0 Å². The Morgan fingerprint density at radius 1 is 1.38 bits per heavy atom. The molecule has 7 nitrogen and oxygen atoms in total. The molecular formula is C18H30IN3O4. The van der Waals surface area contributed by atoms with Gasteiger partial charge < -0.3 is 30.0 Å². The van der Waals surface area contributed by atoms with Crippen molar-refractivity contribution in [3.05, 3.63) is 23.8 Å². The summed E-state index contributed by atoms with van der Waals surface area (Å²) in [5.74, 6) is 1.34. The summed E-state index contributed by atoms with van der Waals surface area (Å²) in [6.07, 6.45) is 2.15. The van der Waals surface area contributed by atoms with Crippen LogP contribution in [0.2, 0.25) is 0 Å². The molecule has 1 heterocycles. The fourth-order valence-electron chi connectivity index (χ4n) is 2.52. The minimum absolute atomic E-state index is 0. The van der Waals surface area contributed by atoms with Crippen LogP contribution >= 0.6 is 24.0 Å². The predicted octanol–water partition coefficient (Wildman–Crippen LogP) is 2.27. The third kappa shape index (κ3) is 7.96. The number of phenols is 1. The van der Waals surface area contributed by atoms with Crippen LogP contribution in [0.25, 0.3) is 0 Å². The lowest BCUT2D eigenvalue weighted by Gasteiger charge is -2.13. The average Bonchev–Trinajstić information content (AvgIpc) is 3.13. The van der Waals surface area contributed by atoms with Crippen molar-refractivity contribution in [2.24, 2.45) is 4.99 Å². The molecule has 3 N–H and O–H groups in total. The second kappa shape index (κ2) is 13.0. The number of methoxy groups -OCH3 is 1. The molecule has 1 unspecified atom stereocenters. The first-order valence-corrected chi connectivity index (χ1v) is 8.80. The molecule has 0 radical (unpaired) electrons. The fraction of sp³-hybridized carbons (Fsp3) is 0.611. The number of benzene rings is 1. The Balaban J connectivity index is 0.00000338. The van der Waals surface area contributed by atoms with E-state index in [1.165, 1.54) is 7.11 Å². The summed E-state index contributed by atoms with van der Waals surface area (Å²) < 4.78 is 16.1. The summed E-state index contributed by atoms with van der Waals surface area (Å²) in [5, 5.41) is 16.3. The van der Waals surface area contributed by atoms with Gasteiger partial charge >= 0.3 is 0 Å². The van der Waals surface area contributed by atoms with Gasteiger partial charge in [0.05, 0.1) is 26.4 Å². The zero-order chi connectivity index (χ0) is 17.9. The molecule has 26 heavy (non-hydrogen) atoms. The van der Waals surface area contributed by atoms with E-state index in [9.17, 15) is 5.11 Å². The van der Waals surface area contributed by atoms with E-state index < -0.39 is 0 Å². The minimum atomic E-state index is 0. The topological polar surface area (TPSA) is 84.3 Å². The van der Waals surface area contributed by atoms with Crippen molar-refractivity contribution in [2.45, 2.75) is 32.4 Å². The molecule has 1 atom stereocenters. The molecule has 0 spiro atoms. The standard InChI is InChI=1S/C18H29N3O4.HI/c1-3-19-18(20-8-4-9-25-15-7-10-24-13-15)21-12-14-5-6-17(23-2)16(22)11-14;/h5-6,11,15,22H,3-4,7-10,12-13H2,1-2H3,(H2,19,20,21);1H. The molecule has 1 aromatic carbocycles. The molecule has 1 saturated heterocycles. The first-order valence-electron chi connectivity index (χ1n) is 8.80. The summed E-state index contributed by atoms with van der Waals surface area (Å²) in [7, 11) is 1.53. The SMILES string of the molecule is CCNC(=NCc1ccc(OC)c(O)c1)NCCCOC1CCOC1.I. The van der Waals surface area contributed by atoms with Crippen LogP contribution in [0.15, 0.2) is 23.2 Å². The molecule has 8 heteroatoms. The van der Waals surface area contributed by atoms with E-state index in [0.717, 1.165) is 44.1 Å². The van der Waals surface area contributed by atoms with E-state index in [-0.39, 0.29) is 35.8 Å². The number of nitrogens with zero attached hydrogens (tertiary/aromatic N) is 1. The summed E-state index contributed by atoms with van der Waals surface area (Å²) in [4.78, 5) is 4.54. The first kappa shape index (κ1) is 22.8. The van der Waals surface area contributed by atoms with Crippen molar-refractivity contribution in [1.29, 1.82) is 0 Å². The van der Waals surface area contributed by atoms with Crippen LogP contribution in [0.1, 0.15) is 25.3 Å². The maximum atomic E-state index is 9.82. The van der Waals surface area contributed by atoms with E-state index in [0.29, 0.717) is 25.5 Å². The van der Waals surface area contributed by atoms with Gasteiger partial charge in [-0.05, 0) is 37.5 Å². The normalized spacial score (nSPS) is 16.8. The smallest absolute Gasteiger partial charge is 0.191 e. The maximum Gasteiger partial charge on any atom is 0.191 e. The zero-order valence-corrected chi connectivity index (χ0v) is 17.8. The number of nitrogens with one attached hydrogen (secondary N) is 2. The summed E-state index contributed by atoms with van der Waals surface area (Å²) in [6, 6.07) is 5.30. The van der Waals surface area contributed by atoms with Crippen LogP contribution in [0.5, 0.6) is 11.5 Å². The molecule has 0 saturated carbocycles. The maximum absolute atomic E-state index is 9.82. The number of ether oxygens (including phenoxy) is 3. The van der Waals surface area contributed by atoms with E-state index in [2.05, 4.69) is 15.6 Å². The number of halogens is 1. The number of aromatic hydroxyl groups is 1. The van der Waals surface area contributed by atoms with Crippen molar-refractivity contribution in [3.63, 3.8) is 0 Å². The molecule has 148 valence electrons. The van der Waals surface area contributed by atoms with Crippen molar-refractivity contribution < 1.29 is 19.3 Å². The van der Waals surface area contributed by atoms with Gasteiger partial charge in [0, 0.05) is 26.3 Å². The average molecular weight is 479 g/mol. The van der Waals surface area contributed by atoms with Gasteiger partial charge in [0.2, 0.25) is 0 Å². The van der Waals surface area contributed by atoms with E-state index in [1.54, 1.807) is 12.1 Å². The number of aliphatic imine (C=N–C) groups is 1. The molecule has 1 aliphatic rings. The van der Waals surface area contributed by atoms with Gasteiger partial charge in [-0.3, -0.25) is 0 Å². The van der Waals surface area contributed by atoms with E-state index in [1.807, 2.05) is 13.0 Å². The molecule has 0 bridgehead atoms. The third-order valence-corrected chi connectivity index (χ3v) is 3.86. The lowest BCUT2D eigenvalue weighted by atomic mass is 10.2. The number of hydrogen-bond acceptors (Lipinski definition) is 5. The van der Waals surface area contributed by atoms with Crippen molar-refractivity contribution in [3.8, 4) is 11.5 Å². The quantitative estimate of drug-likeness (QED) is 0.218.